The van der Waals surface area contributed by atoms with Gasteiger partial charge in [0.2, 0.25) is 0 Å². The van der Waals surface area contributed by atoms with Gasteiger partial charge < -0.3 is 19.7 Å². The number of ether oxygens (including phenoxy) is 2. The molecule has 4 nitrogen and oxygen atoms in total. The Morgan fingerprint density at radius 1 is 1.16 bits per heavy atom. The quantitative estimate of drug-likeness (QED) is 0.783. The van der Waals surface area contributed by atoms with E-state index in [0.29, 0.717) is 6.61 Å². The zero-order chi connectivity index (χ0) is 14.3. The summed E-state index contributed by atoms with van der Waals surface area (Å²) >= 11 is 0. The summed E-state index contributed by atoms with van der Waals surface area (Å²) in [5.41, 5.74) is 1.08. The molecule has 0 aliphatic carbocycles. The number of benzene rings is 1. The van der Waals surface area contributed by atoms with E-state index < -0.39 is 0 Å². The summed E-state index contributed by atoms with van der Waals surface area (Å²) < 4.78 is 10.9. The maximum Gasteiger partial charge on any atom is 0.119 e. The average molecular weight is 266 g/mol. The molecule has 1 aromatic carbocycles. The first-order valence-electron chi connectivity index (χ1n) is 6.70. The number of nitrogens with zero attached hydrogens (tertiary/aromatic N) is 1. The van der Waals surface area contributed by atoms with Gasteiger partial charge in [0.1, 0.15) is 12.4 Å². The number of methoxy groups -OCH3 is 1. The molecule has 0 heterocycles. The summed E-state index contributed by atoms with van der Waals surface area (Å²) in [4.78, 5) is 2.10. The molecule has 4 heteroatoms. The second-order valence-electron chi connectivity index (χ2n) is 5.05. The van der Waals surface area contributed by atoms with Crippen LogP contribution in [0.2, 0.25) is 0 Å². The SMILES string of the molecule is COC(C)C(C)Nc1ccc(OCCN(C)C)cc1. The maximum atomic E-state index is 5.65. The molecular weight excluding hydrogens is 240 g/mol. The summed E-state index contributed by atoms with van der Waals surface area (Å²) in [5.74, 6) is 0.903. The predicted molar refractivity (Wildman–Crippen MR) is 80.0 cm³/mol. The first-order chi connectivity index (χ1) is 9.02. The minimum atomic E-state index is 0.177. The second kappa shape index (κ2) is 8.02. The van der Waals surface area contributed by atoms with Crippen molar-refractivity contribution in [3.8, 4) is 5.75 Å². The van der Waals surface area contributed by atoms with E-state index in [-0.39, 0.29) is 12.1 Å². The molecule has 0 spiro atoms. The van der Waals surface area contributed by atoms with Crippen molar-refractivity contribution in [3.05, 3.63) is 24.3 Å². The third kappa shape index (κ3) is 5.94. The molecule has 1 rings (SSSR count). The van der Waals surface area contributed by atoms with Gasteiger partial charge in [-0.15, -0.1) is 0 Å². The topological polar surface area (TPSA) is 33.7 Å². The van der Waals surface area contributed by atoms with Crippen LogP contribution in [0, 0.1) is 0 Å². The van der Waals surface area contributed by atoms with E-state index in [4.69, 9.17) is 9.47 Å². The summed E-state index contributed by atoms with van der Waals surface area (Å²) in [6, 6.07) is 8.31. The molecule has 0 aliphatic rings. The molecule has 0 saturated heterocycles. The van der Waals surface area contributed by atoms with E-state index in [9.17, 15) is 0 Å². The van der Waals surface area contributed by atoms with Gasteiger partial charge in [0, 0.05) is 25.4 Å². The molecule has 108 valence electrons. The highest BCUT2D eigenvalue weighted by Crippen LogP contribution is 2.17. The Kier molecular flexibility index (Phi) is 6.67. The second-order valence-corrected chi connectivity index (χ2v) is 5.05. The van der Waals surface area contributed by atoms with Crippen molar-refractivity contribution >= 4 is 5.69 Å². The lowest BCUT2D eigenvalue weighted by molar-refractivity contribution is 0.106. The summed E-state index contributed by atoms with van der Waals surface area (Å²) in [7, 11) is 5.80. The minimum absolute atomic E-state index is 0.177. The molecule has 2 atom stereocenters. The lowest BCUT2D eigenvalue weighted by Gasteiger charge is -2.21. The Bertz CT molecular complexity index is 352. The molecule has 0 aromatic heterocycles. The highest BCUT2D eigenvalue weighted by Gasteiger charge is 2.10. The number of rotatable bonds is 8. The van der Waals surface area contributed by atoms with Crippen LogP contribution in [0.3, 0.4) is 0 Å². The molecule has 0 radical (unpaired) electrons. The van der Waals surface area contributed by atoms with Crippen LogP contribution in [-0.4, -0.2) is 51.4 Å². The van der Waals surface area contributed by atoms with Gasteiger partial charge in [0.25, 0.3) is 0 Å². The van der Waals surface area contributed by atoms with E-state index in [1.807, 2.05) is 38.4 Å². The largest absolute Gasteiger partial charge is 0.492 e. The number of nitrogens with one attached hydrogen (secondary N) is 1. The minimum Gasteiger partial charge on any atom is -0.492 e. The fourth-order valence-corrected chi connectivity index (χ4v) is 1.58. The highest BCUT2D eigenvalue weighted by atomic mass is 16.5. The standard InChI is InChI=1S/C15H26N2O2/c1-12(13(2)18-5)16-14-6-8-15(9-7-14)19-11-10-17(3)4/h6-9,12-13,16H,10-11H2,1-5H3. The van der Waals surface area contributed by atoms with Gasteiger partial charge in [0.15, 0.2) is 0 Å². The van der Waals surface area contributed by atoms with Crippen LogP contribution in [-0.2, 0) is 4.74 Å². The zero-order valence-corrected chi connectivity index (χ0v) is 12.6. The summed E-state index contributed by atoms with van der Waals surface area (Å²) in [6.45, 7) is 5.78. The Balaban J connectivity index is 2.43. The lowest BCUT2D eigenvalue weighted by Crippen LogP contribution is -2.29. The van der Waals surface area contributed by atoms with Gasteiger partial charge >= 0.3 is 0 Å². The zero-order valence-electron chi connectivity index (χ0n) is 12.6. The van der Waals surface area contributed by atoms with Crippen LogP contribution in [0.5, 0.6) is 5.75 Å². The number of anilines is 1. The normalized spacial score (nSPS) is 14.2. The molecule has 0 bridgehead atoms. The van der Waals surface area contributed by atoms with Crippen LogP contribution in [0.15, 0.2) is 24.3 Å². The van der Waals surface area contributed by atoms with Gasteiger partial charge in [-0.1, -0.05) is 0 Å². The van der Waals surface area contributed by atoms with Crippen LogP contribution in [0.1, 0.15) is 13.8 Å². The van der Waals surface area contributed by atoms with Crippen molar-refractivity contribution in [2.45, 2.75) is 26.0 Å². The molecule has 0 amide bonds. The van der Waals surface area contributed by atoms with Crippen molar-refractivity contribution in [2.75, 3.05) is 39.7 Å². The van der Waals surface area contributed by atoms with Crippen molar-refractivity contribution in [1.29, 1.82) is 0 Å². The molecule has 0 aliphatic heterocycles. The van der Waals surface area contributed by atoms with Crippen molar-refractivity contribution in [1.82, 2.24) is 4.90 Å². The summed E-state index contributed by atoms with van der Waals surface area (Å²) in [5, 5.41) is 3.41. The predicted octanol–water partition coefficient (Wildman–Crippen LogP) is 2.46. The Labute approximate surface area is 116 Å². The van der Waals surface area contributed by atoms with Crippen molar-refractivity contribution in [3.63, 3.8) is 0 Å². The monoisotopic (exact) mass is 266 g/mol. The van der Waals surface area contributed by atoms with E-state index >= 15 is 0 Å². The van der Waals surface area contributed by atoms with Crippen LogP contribution < -0.4 is 10.1 Å². The molecule has 2 unspecified atom stereocenters. The molecule has 1 N–H and O–H groups in total. The molecule has 19 heavy (non-hydrogen) atoms. The van der Waals surface area contributed by atoms with Crippen molar-refractivity contribution in [2.24, 2.45) is 0 Å². The van der Waals surface area contributed by atoms with Gasteiger partial charge in [-0.3, -0.25) is 0 Å². The third-order valence-corrected chi connectivity index (χ3v) is 3.13. The maximum absolute atomic E-state index is 5.65. The smallest absolute Gasteiger partial charge is 0.119 e. The van der Waals surface area contributed by atoms with Gasteiger partial charge in [-0.05, 0) is 52.2 Å². The first-order valence-corrected chi connectivity index (χ1v) is 6.70. The Morgan fingerprint density at radius 2 is 1.79 bits per heavy atom. The molecule has 0 saturated carbocycles. The van der Waals surface area contributed by atoms with E-state index in [2.05, 4.69) is 24.1 Å². The van der Waals surface area contributed by atoms with E-state index in [0.717, 1.165) is 18.0 Å². The first kappa shape index (κ1) is 15.8. The highest BCUT2D eigenvalue weighted by molar-refractivity contribution is 5.47. The van der Waals surface area contributed by atoms with E-state index in [1.54, 1.807) is 7.11 Å². The van der Waals surface area contributed by atoms with Gasteiger partial charge in [-0.2, -0.15) is 0 Å². The Hall–Kier alpha value is -1.26. The lowest BCUT2D eigenvalue weighted by atomic mass is 10.2. The molecule has 0 fully saturated rings. The van der Waals surface area contributed by atoms with Gasteiger partial charge in [-0.25, -0.2) is 0 Å². The fraction of sp³-hybridized carbons (Fsp3) is 0.600. The fourth-order valence-electron chi connectivity index (χ4n) is 1.58. The van der Waals surface area contributed by atoms with Gasteiger partial charge in [0.05, 0.1) is 6.10 Å². The summed E-state index contributed by atoms with van der Waals surface area (Å²) in [6.07, 6.45) is 0.177. The van der Waals surface area contributed by atoms with Crippen LogP contribution in [0.25, 0.3) is 0 Å². The molecule has 1 aromatic rings. The van der Waals surface area contributed by atoms with Crippen molar-refractivity contribution < 1.29 is 9.47 Å². The van der Waals surface area contributed by atoms with E-state index in [1.165, 1.54) is 0 Å². The number of hydrogen-bond acceptors (Lipinski definition) is 4. The number of likely N-dealkylation sites (N-methyl/N-ethyl adjacent to an activating group) is 1. The third-order valence-electron chi connectivity index (χ3n) is 3.13. The van der Waals surface area contributed by atoms with Crippen LogP contribution >= 0.6 is 0 Å². The molecular formula is C15H26N2O2. The Morgan fingerprint density at radius 3 is 2.32 bits per heavy atom. The number of hydrogen-bond donors (Lipinski definition) is 1. The van der Waals surface area contributed by atoms with Crippen LogP contribution in [0.4, 0.5) is 5.69 Å². The average Bonchev–Trinajstić information content (AvgIpc) is 2.39.